The van der Waals surface area contributed by atoms with Crippen molar-refractivity contribution in [2.75, 3.05) is 45.2 Å². The van der Waals surface area contributed by atoms with E-state index in [1.54, 1.807) is 7.11 Å². The molecule has 6 nitrogen and oxygen atoms in total. The molecule has 1 atom stereocenters. The molecule has 2 heterocycles. The van der Waals surface area contributed by atoms with E-state index in [2.05, 4.69) is 37.6 Å². The standard InChI is InChI=1S/C21H29N5O.HI/c1-22-21(24-13-10-18-7-5-6-12-23-18)25-15-17-11-14-26(16-17)19-8-3-4-9-20(19)27-2;/h3-9,12,17H,10-11,13-16H2,1-2H3,(H2,22,24,25);1H. The third kappa shape index (κ3) is 6.25. The van der Waals surface area contributed by atoms with E-state index in [1.165, 1.54) is 5.69 Å². The predicted molar refractivity (Wildman–Crippen MR) is 126 cm³/mol. The van der Waals surface area contributed by atoms with Crippen LogP contribution in [0.15, 0.2) is 53.7 Å². The number of halogens is 1. The first-order chi connectivity index (χ1) is 13.3. The first kappa shape index (κ1) is 22.3. The Morgan fingerprint density at radius 2 is 2.04 bits per heavy atom. The second kappa shape index (κ2) is 11.7. The molecule has 7 heteroatoms. The molecule has 1 saturated heterocycles. The summed E-state index contributed by atoms with van der Waals surface area (Å²) in [6.45, 7) is 3.81. The van der Waals surface area contributed by atoms with Crippen molar-refractivity contribution in [3.05, 3.63) is 54.4 Å². The number of nitrogens with zero attached hydrogens (tertiary/aromatic N) is 3. The van der Waals surface area contributed by atoms with Crippen LogP contribution in [0.25, 0.3) is 0 Å². The molecule has 3 rings (SSSR count). The Labute approximate surface area is 184 Å². The molecule has 0 bridgehead atoms. The maximum atomic E-state index is 5.50. The van der Waals surface area contributed by atoms with Gasteiger partial charge in [-0.05, 0) is 36.6 Å². The summed E-state index contributed by atoms with van der Waals surface area (Å²) in [5, 5.41) is 6.83. The van der Waals surface area contributed by atoms with Crippen molar-refractivity contribution in [2.24, 2.45) is 10.9 Å². The third-order valence-electron chi connectivity index (χ3n) is 4.89. The lowest BCUT2D eigenvalue weighted by Gasteiger charge is -2.21. The molecule has 1 aliphatic heterocycles. The number of aliphatic imine (C=N–C) groups is 1. The lowest BCUT2D eigenvalue weighted by atomic mass is 10.1. The second-order valence-corrected chi connectivity index (χ2v) is 6.72. The monoisotopic (exact) mass is 495 g/mol. The third-order valence-corrected chi connectivity index (χ3v) is 4.89. The number of hydrogen-bond donors (Lipinski definition) is 2. The number of methoxy groups -OCH3 is 1. The number of guanidine groups is 1. The molecule has 0 saturated carbocycles. The van der Waals surface area contributed by atoms with Gasteiger partial charge in [0.1, 0.15) is 5.75 Å². The Bertz CT molecular complexity index is 741. The van der Waals surface area contributed by atoms with E-state index in [4.69, 9.17) is 4.74 Å². The first-order valence-electron chi connectivity index (χ1n) is 9.52. The van der Waals surface area contributed by atoms with E-state index in [0.29, 0.717) is 5.92 Å². The van der Waals surface area contributed by atoms with Crippen LogP contribution >= 0.6 is 24.0 Å². The Morgan fingerprint density at radius 3 is 2.79 bits per heavy atom. The number of anilines is 1. The van der Waals surface area contributed by atoms with Crippen molar-refractivity contribution in [1.29, 1.82) is 0 Å². The summed E-state index contributed by atoms with van der Waals surface area (Å²) in [6, 6.07) is 14.2. The van der Waals surface area contributed by atoms with Gasteiger partial charge in [-0.15, -0.1) is 24.0 Å². The molecule has 0 amide bonds. The van der Waals surface area contributed by atoms with Crippen molar-refractivity contribution in [3.63, 3.8) is 0 Å². The van der Waals surface area contributed by atoms with Crippen LogP contribution in [-0.2, 0) is 6.42 Å². The highest BCUT2D eigenvalue weighted by Crippen LogP contribution is 2.31. The van der Waals surface area contributed by atoms with E-state index in [-0.39, 0.29) is 24.0 Å². The van der Waals surface area contributed by atoms with Gasteiger partial charge in [0.25, 0.3) is 0 Å². The summed E-state index contributed by atoms with van der Waals surface area (Å²) < 4.78 is 5.50. The van der Waals surface area contributed by atoms with Crippen molar-refractivity contribution < 1.29 is 4.74 Å². The molecule has 1 aliphatic rings. The maximum absolute atomic E-state index is 5.50. The maximum Gasteiger partial charge on any atom is 0.190 e. The molecule has 1 aromatic heterocycles. The molecule has 0 spiro atoms. The van der Waals surface area contributed by atoms with Crippen LogP contribution in [0.4, 0.5) is 5.69 Å². The van der Waals surface area contributed by atoms with Gasteiger partial charge < -0.3 is 20.3 Å². The summed E-state index contributed by atoms with van der Waals surface area (Å²) in [4.78, 5) is 11.1. The quantitative estimate of drug-likeness (QED) is 0.352. The van der Waals surface area contributed by atoms with Gasteiger partial charge in [0, 0.05) is 51.5 Å². The molecule has 2 N–H and O–H groups in total. The fourth-order valence-electron chi connectivity index (χ4n) is 3.43. The van der Waals surface area contributed by atoms with Gasteiger partial charge in [0.15, 0.2) is 5.96 Å². The van der Waals surface area contributed by atoms with Crippen molar-refractivity contribution in [3.8, 4) is 5.75 Å². The topological polar surface area (TPSA) is 61.8 Å². The zero-order valence-corrected chi connectivity index (χ0v) is 18.9. The van der Waals surface area contributed by atoms with Gasteiger partial charge in [-0.2, -0.15) is 0 Å². The molecule has 0 aliphatic carbocycles. The summed E-state index contributed by atoms with van der Waals surface area (Å²) in [5.74, 6) is 2.38. The van der Waals surface area contributed by atoms with E-state index in [0.717, 1.165) is 56.4 Å². The van der Waals surface area contributed by atoms with E-state index < -0.39 is 0 Å². The highest BCUT2D eigenvalue weighted by Gasteiger charge is 2.24. The van der Waals surface area contributed by atoms with Crippen LogP contribution in [0.5, 0.6) is 5.75 Å². The average molecular weight is 495 g/mol. The summed E-state index contributed by atoms with van der Waals surface area (Å²) >= 11 is 0. The molecule has 0 radical (unpaired) electrons. The van der Waals surface area contributed by atoms with Crippen molar-refractivity contribution in [1.82, 2.24) is 15.6 Å². The number of aromatic nitrogens is 1. The van der Waals surface area contributed by atoms with Gasteiger partial charge in [-0.1, -0.05) is 18.2 Å². The number of para-hydroxylation sites is 2. The zero-order valence-electron chi connectivity index (χ0n) is 16.6. The molecular weight excluding hydrogens is 465 g/mol. The van der Waals surface area contributed by atoms with Gasteiger partial charge in [-0.3, -0.25) is 9.98 Å². The lowest BCUT2D eigenvalue weighted by Crippen LogP contribution is -2.41. The number of hydrogen-bond acceptors (Lipinski definition) is 4. The second-order valence-electron chi connectivity index (χ2n) is 6.72. The number of ether oxygens (including phenoxy) is 1. The van der Waals surface area contributed by atoms with Crippen LogP contribution in [-0.4, -0.2) is 51.3 Å². The predicted octanol–water partition coefficient (Wildman–Crippen LogP) is 2.94. The fourth-order valence-corrected chi connectivity index (χ4v) is 3.43. The normalized spacial score (nSPS) is 16.4. The van der Waals surface area contributed by atoms with Crippen LogP contribution in [0, 0.1) is 5.92 Å². The molecular formula is C21H30IN5O. The molecule has 152 valence electrons. The minimum atomic E-state index is 0. The molecule has 28 heavy (non-hydrogen) atoms. The van der Waals surface area contributed by atoms with Crippen LogP contribution < -0.4 is 20.3 Å². The van der Waals surface area contributed by atoms with Gasteiger partial charge in [0.2, 0.25) is 0 Å². The highest BCUT2D eigenvalue weighted by molar-refractivity contribution is 14.0. The van der Waals surface area contributed by atoms with Gasteiger partial charge in [0.05, 0.1) is 12.8 Å². The molecule has 1 unspecified atom stereocenters. The van der Waals surface area contributed by atoms with Crippen molar-refractivity contribution in [2.45, 2.75) is 12.8 Å². The van der Waals surface area contributed by atoms with Gasteiger partial charge >= 0.3 is 0 Å². The number of pyridine rings is 1. The fraction of sp³-hybridized carbons (Fsp3) is 0.429. The smallest absolute Gasteiger partial charge is 0.190 e. The highest BCUT2D eigenvalue weighted by atomic mass is 127. The minimum Gasteiger partial charge on any atom is -0.495 e. The van der Waals surface area contributed by atoms with E-state index >= 15 is 0 Å². The van der Waals surface area contributed by atoms with Gasteiger partial charge in [-0.25, -0.2) is 0 Å². The lowest BCUT2D eigenvalue weighted by molar-refractivity contribution is 0.414. The number of benzene rings is 1. The summed E-state index contributed by atoms with van der Waals surface area (Å²) in [5.41, 5.74) is 2.27. The Balaban J connectivity index is 0.00000280. The largest absolute Gasteiger partial charge is 0.495 e. The van der Waals surface area contributed by atoms with Crippen LogP contribution in [0.2, 0.25) is 0 Å². The molecule has 2 aromatic rings. The van der Waals surface area contributed by atoms with E-state index in [9.17, 15) is 0 Å². The van der Waals surface area contributed by atoms with E-state index in [1.807, 2.05) is 43.6 Å². The first-order valence-corrected chi connectivity index (χ1v) is 9.52. The number of rotatable bonds is 7. The van der Waals surface area contributed by atoms with Crippen molar-refractivity contribution >= 4 is 35.6 Å². The minimum absolute atomic E-state index is 0. The summed E-state index contributed by atoms with van der Waals surface area (Å²) in [7, 11) is 3.54. The Morgan fingerprint density at radius 1 is 1.21 bits per heavy atom. The molecule has 1 fully saturated rings. The zero-order chi connectivity index (χ0) is 18.9. The molecule has 1 aromatic carbocycles. The van der Waals surface area contributed by atoms with Crippen LogP contribution in [0.1, 0.15) is 12.1 Å². The SMILES string of the molecule is CN=C(NCCc1ccccn1)NCC1CCN(c2ccccc2OC)C1.I. The van der Waals surface area contributed by atoms with Crippen LogP contribution in [0.3, 0.4) is 0 Å². The average Bonchev–Trinajstić information content (AvgIpc) is 3.20. The Kier molecular flexibility index (Phi) is 9.33. The summed E-state index contributed by atoms with van der Waals surface area (Å²) in [6.07, 6.45) is 3.87. The Hall–Kier alpha value is -2.03. The number of nitrogens with one attached hydrogen (secondary N) is 2.